The summed E-state index contributed by atoms with van der Waals surface area (Å²) >= 11 is 0. The Hall–Kier alpha value is -2.63. The molecule has 1 saturated heterocycles. The Morgan fingerprint density at radius 3 is 2.68 bits per heavy atom. The molecule has 0 saturated carbocycles. The molecule has 25 heavy (non-hydrogen) atoms. The highest BCUT2D eigenvalue weighted by molar-refractivity contribution is 5.94. The normalized spacial score (nSPS) is 15.0. The minimum absolute atomic E-state index is 0.0991. The minimum Gasteiger partial charge on any atom is -0.467 e. The smallest absolute Gasteiger partial charge is 0.318 e. The van der Waals surface area contributed by atoms with Crippen molar-refractivity contribution < 1.29 is 9.53 Å². The van der Waals surface area contributed by atoms with Gasteiger partial charge >= 0.3 is 6.01 Å². The van der Waals surface area contributed by atoms with Crippen LogP contribution < -0.4 is 9.64 Å². The summed E-state index contributed by atoms with van der Waals surface area (Å²) in [5.41, 5.74) is 2.73. The molecular formula is C19H24N4O2. The van der Waals surface area contributed by atoms with Gasteiger partial charge in [-0.15, -0.1) is 0 Å². The molecule has 0 N–H and O–H groups in total. The molecule has 132 valence electrons. The van der Waals surface area contributed by atoms with Gasteiger partial charge in [0.2, 0.25) is 0 Å². The van der Waals surface area contributed by atoms with E-state index in [9.17, 15) is 4.79 Å². The second-order valence-electron chi connectivity index (χ2n) is 6.36. The van der Waals surface area contributed by atoms with Crippen LogP contribution in [-0.2, 0) is 0 Å². The SMILES string of the molecule is COc1nc(C)cc(N2CCCN(C(=O)c3cccc(C)c3)CC2)n1. The van der Waals surface area contributed by atoms with Crippen LogP contribution in [0.3, 0.4) is 0 Å². The number of amides is 1. The predicted octanol–water partition coefficient (Wildman–Crippen LogP) is 2.45. The van der Waals surface area contributed by atoms with Gasteiger partial charge in [0.25, 0.3) is 5.91 Å². The van der Waals surface area contributed by atoms with Gasteiger partial charge in [-0.2, -0.15) is 4.98 Å². The quantitative estimate of drug-likeness (QED) is 0.859. The van der Waals surface area contributed by atoms with Crippen LogP contribution in [0, 0.1) is 13.8 Å². The number of hydrogen-bond acceptors (Lipinski definition) is 5. The average molecular weight is 340 g/mol. The highest BCUT2D eigenvalue weighted by Crippen LogP contribution is 2.19. The van der Waals surface area contributed by atoms with Crippen LogP contribution in [-0.4, -0.2) is 54.1 Å². The zero-order valence-corrected chi connectivity index (χ0v) is 15.0. The standard InChI is InChI=1S/C19H24N4O2/c1-14-6-4-7-16(12-14)18(24)23-9-5-8-22(10-11-23)17-13-15(2)20-19(21-17)25-3/h4,6-7,12-13H,5,8-11H2,1-3H3. The summed E-state index contributed by atoms with van der Waals surface area (Å²) in [6, 6.07) is 10.1. The fourth-order valence-electron chi connectivity index (χ4n) is 3.09. The average Bonchev–Trinajstić information content (AvgIpc) is 2.86. The largest absolute Gasteiger partial charge is 0.467 e. The lowest BCUT2D eigenvalue weighted by Crippen LogP contribution is -2.35. The maximum Gasteiger partial charge on any atom is 0.318 e. The molecule has 2 heterocycles. The van der Waals surface area contributed by atoms with Crippen LogP contribution in [0.15, 0.2) is 30.3 Å². The Morgan fingerprint density at radius 2 is 1.92 bits per heavy atom. The molecule has 2 aromatic rings. The number of benzene rings is 1. The molecule has 1 amide bonds. The molecule has 6 heteroatoms. The first kappa shape index (κ1) is 17.2. The van der Waals surface area contributed by atoms with Gasteiger partial charge in [0, 0.05) is 43.5 Å². The lowest BCUT2D eigenvalue weighted by molar-refractivity contribution is 0.0767. The van der Waals surface area contributed by atoms with E-state index in [4.69, 9.17) is 4.74 Å². The van der Waals surface area contributed by atoms with E-state index in [0.29, 0.717) is 12.6 Å². The van der Waals surface area contributed by atoms with Crippen molar-refractivity contribution in [3.8, 4) is 6.01 Å². The number of ether oxygens (including phenoxy) is 1. The highest BCUT2D eigenvalue weighted by Gasteiger charge is 2.21. The molecule has 0 aliphatic carbocycles. The van der Waals surface area contributed by atoms with Crippen molar-refractivity contribution in [1.82, 2.24) is 14.9 Å². The van der Waals surface area contributed by atoms with E-state index < -0.39 is 0 Å². The van der Waals surface area contributed by atoms with E-state index in [1.54, 1.807) is 7.11 Å². The summed E-state index contributed by atoms with van der Waals surface area (Å²) in [6.07, 6.45) is 0.906. The molecule has 1 fully saturated rings. The number of carbonyl (C=O) groups excluding carboxylic acids is 1. The van der Waals surface area contributed by atoms with E-state index >= 15 is 0 Å². The van der Waals surface area contributed by atoms with E-state index in [2.05, 4.69) is 14.9 Å². The summed E-state index contributed by atoms with van der Waals surface area (Å²) in [5, 5.41) is 0. The Bertz CT molecular complexity index is 763. The number of anilines is 1. The van der Waals surface area contributed by atoms with Gasteiger partial charge in [0.1, 0.15) is 5.82 Å². The molecule has 3 rings (SSSR count). The number of rotatable bonds is 3. The first-order valence-electron chi connectivity index (χ1n) is 8.57. The van der Waals surface area contributed by atoms with Crippen LogP contribution in [0.5, 0.6) is 6.01 Å². The second-order valence-corrected chi connectivity index (χ2v) is 6.36. The van der Waals surface area contributed by atoms with E-state index in [0.717, 1.165) is 48.7 Å². The maximum absolute atomic E-state index is 12.8. The van der Waals surface area contributed by atoms with Crippen molar-refractivity contribution in [2.75, 3.05) is 38.2 Å². The molecular weight excluding hydrogens is 316 g/mol. The van der Waals surface area contributed by atoms with Gasteiger partial charge in [-0.3, -0.25) is 4.79 Å². The second kappa shape index (κ2) is 7.51. The predicted molar refractivity (Wildman–Crippen MR) is 97.2 cm³/mol. The molecule has 1 aliphatic rings. The lowest BCUT2D eigenvalue weighted by Gasteiger charge is -2.23. The number of methoxy groups -OCH3 is 1. The van der Waals surface area contributed by atoms with E-state index in [1.165, 1.54) is 0 Å². The number of aromatic nitrogens is 2. The van der Waals surface area contributed by atoms with Crippen molar-refractivity contribution in [3.05, 3.63) is 47.2 Å². The fraction of sp³-hybridized carbons (Fsp3) is 0.421. The Kier molecular flexibility index (Phi) is 5.16. The summed E-state index contributed by atoms with van der Waals surface area (Å²) in [5.74, 6) is 0.955. The fourth-order valence-corrected chi connectivity index (χ4v) is 3.09. The van der Waals surface area contributed by atoms with Crippen molar-refractivity contribution >= 4 is 11.7 Å². The Morgan fingerprint density at radius 1 is 1.08 bits per heavy atom. The molecule has 0 unspecified atom stereocenters. The van der Waals surface area contributed by atoms with Crippen LogP contribution in [0.25, 0.3) is 0 Å². The Labute approximate surface area is 148 Å². The highest BCUT2D eigenvalue weighted by atomic mass is 16.5. The minimum atomic E-state index is 0.0991. The van der Waals surface area contributed by atoms with E-state index in [1.807, 2.05) is 49.1 Å². The van der Waals surface area contributed by atoms with Crippen molar-refractivity contribution in [3.63, 3.8) is 0 Å². The van der Waals surface area contributed by atoms with Gasteiger partial charge in [-0.1, -0.05) is 17.7 Å². The molecule has 1 aliphatic heterocycles. The van der Waals surface area contributed by atoms with Crippen LogP contribution in [0.4, 0.5) is 5.82 Å². The third-order valence-corrected chi connectivity index (χ3v) is 4.37. The van der Waals surface area contributed by atoms with Gasteiger partial charge in [-0.05, 0) is 32.4 Å². The van der Waals surface area contributed by atoms with Gasteiger partial charge in [-0.25, -0.2) is 4.98 Å². The first-order valence-corrected chi connectivity index (χ1v) is 8.57. The van der Waals surface area contributed by atoms with Gasteiger partial charge < -0.3 is 14.5 Å². The first-order chi connectivity index (χ1) is 12.1. The lowest BCUT2D eigenvalue weighted by atomic mass is 10.1. The number of carbonyl (C=O) groups is 1. The third kappa shape index (κ3) is 4.07. The van der Waals surface area contributed by atoms with Crippen LogP contribution in [0.2, 0.25) is 0 Å². The van der Waals surface area contributed by atoms with Crippen molar-refractivity contribution in [2.45, 2.75) is 20.3 Å². The topological polar surface area (TPSA) is 58.6 Å². The number of nitrogens with zero attached hydrogens (tertiary/aromatic N) is 4. The summed E-state index contributed by atoms with van der Waals surface area (Å²) < 4.78 is 5.17. The van der Waals surface area contributed by atoms with Gasteiger partial charge in [0.05, 0.1) is 7.11 Å². The molecule has 0 bridgehead atoms. The summed E-state index contributed by atoms with van der Waals surface area (Å²) in [7, 11) is 1.57. The van der Waals surface area contributed by atoms with Crippen molar-refractivity contribution in [2.24, 2.45) is 0 Å². The van der Waals surface area contributed by atoms with E-state index in [-0.39, 0.29) is 5.91 Å². The summed E-state index contributed by atoms with van der Waals surface area (Å²) in [4.78, 5) is 25.6. The molecule has 6 nitrogen and oxygen atoms in total. The number of hydrogen-bond donors (Lipinski definition) is 0. The molecule has 1 aromatic heterocycles. The van der Waals surface area contributed by atoms with Gasteiger partial charge in [0.15, 0.2) is 0 Å². The summed E-state index contributed by atoms with van der Waals surface area (Å²) in [6.45, 7) is 6.97. The van der Waals surface area contributed by atoms with Crippen LogP contribution in [0.1, 0.15) is 28.0 Å². The van der Waals surface area contributed by atoms with Crippen molar-refractivity contribution in [1.29, 1.82) is 0 Å². The molecule has 0 atom stereocenters. The molecule has 1 aromatic carbocycles. The zero-order chi connectivity index (χ0) is 17.8. The Balaban J connectivity index is 1.72. The third-order valence-electron chi connectivity index (χ3n) is 4.37. The monoisotopic (exact) mass is 340 g/mol. The molecule has 0 radical (unpaired) electrons. The number of aryl methyl sites for hydroxylation is 2. The van der Waals surface area contributed by atoms with Crippen LogP contribution >= 0.6 is 0 Å². The maximum atomic E-state index is 12.8. The zero-order valence-electron chi connectivity index (χ0n) is 15.0. The molecule has 0 spiro atoms.